The number of ether oxygens (including phenoxy) is 4. The molecule has 0 saturated heterocycles. The standard InChI is InChI=1S/C49H49N5O8.C3H5NO2/c1-30-22-35(53(55)56)23-31-18-20-48(50(6)44(30)31)46(2,3)37-14-10-12-16-39(37)51(48)28-33-25-42(60-8)34(26-41(33)59-7)29-52-40-17-13-11-15-38(40)47(4,5)49(52)21-19-32-24-36(54(57)58)27-43(61-9)45(32)62-49;1-3(2)4(5)6/h10-27H,28-29H2,1-9H3;1H2,2H3. The van der Waals surface area contributed by atoms with E-state index in [1.807, 2.05) is 43.4 Å². The summed E-state index contributed by atoms with van der Waals surface area (Å²) in [7, 11) is 6.91. The maximum Gasteiger partial charge on any atom is 0.274 e. The van der Waals surface area contributed by atoms with Crippen molar-refractivity contribution in [3.05, 3.63) is 179 Å². The average molecular weight is 923 g/mol. The number of nitro benzene ring substituents is 2. The summed E-state index contributed by atoms with van der Waals surface area (Å²) in [5.41, 5.74) is 6.28. The summed E-state index contributed by atoms with van der Waals surface area (Å²) in [6, 6.07) is 27.0. The van der Waals surface area contributed by atoms with E-state index >= 15 is 0 Å². The Labute approximate surface area is 394 Å². The van der Waals surface area contributed by atoms with Gasteiger partial charge in [0.05, 0.1) is 54.1 Å². The van der Waals surface area contributed by atoms with Crippen molar-refractivity contribution in [2.24, 2.45) is 0 Å². The number of non-ortho nitro benzene ring substituents is 2. The molecule has 0 aromatic heterocycles. The van der Waals surface area contributed by atoms with Crippen LogP contribution in [0.3, 0.4) is 0 Å². The first-order valence-electron chi connectivity index (χ1n) is 21.9. The fourth-order valence-corrected chi connectivity index (χ4v) is 10.8. The van der Waals surface area contributed by atoms with Crippen molar-refractivity contribution < 1.29 is 33.7 Å². The van der Waals surface area contributed by atoms with Crippen LogP contribution < -0.4 is 33.6 Å². The predicted octanol–water partition coefficient (Wildman–Crippen LogP) is 10.9. The summed E-state index contributed by atoms with van der Waals surface area (Å²) in [6.45, 7) is 15.9. The van der Waals surface area contributed by atoms with Crippen molar-refractivity contribution in [1.29, 1.82) is 0 Å². The van der Waals surface area contributed by atoms with Crippen LogP contribution in [0.5, 0.6) is 23.0 Å². The van der Waals surface area contributed by atoms with Gasteiger partial charge in [-0.3, -0.25) is 30.3 Å². The summed E-state index contributed by atoms with van der Waals surface area (Å²) in [6.07, 6.45) is 8.10. The Morgan fingerprint density at radius 3 is 1.71 bits per heavy atom. The van der Waals surface area contributed by atoms with Gasteiger partial charge in [0.1, 0.15) is 17.2 Å². The second kappa shape index (κ2) is 16.8. The third kappa shape index (κ3) is 6.96. The topological polar surface area (TPSA) is 176 Å². The van der Waals surface area contributed by atoms with E-state index in [1.165, 1.54) is 31.7 Å². The van der Waals surface area contributed by atoms with Gasteiger partial charge < -0.3 is 33.6 Å². The van der Waals surface area contributed by atoms with Crippen LogP contribution in [0.15, 0.2) is 109 Å². The van der Waals surface area contributed by atoms with Crippen molar-refractivity contribution >= 4 is 40.6 Å². The number of nitrogens with zero attached hydrogens (tertiary/aromatic N) is 6. The molecule has 2 spiro atoms. The normalized spacial score (nSPS) is 19.5. The first kappa shape index (κ1) is 46.6. The zero-order chi connectivity index (χ0) is 49.2. The van der Waals surface area contributed by atoms with Gasteiger partial charge >= 0.3 is 0 Å². The van der Waals surface area contributed by atoms with E-state index in [9.17, 15) is 30.3 Å². The quantitative estimate of drug-likeness (QED) is 0.0956. The second-order valence-electron chi connectivity index (χ2n) is 18.5. The highest BCUT2D eigenvalue weighted by Gasteiger charge is 2.61. The SMILES string of the molecule is C=C(C)[N+](=O)[O-].COc1cc(CN2c3ccccc3C(C)(C)C23C=Cc2cc([N+](=O)[O-])cc(C)c2N3C)c(OC)cc1CN1c2ccccc2C(C)(C)C12C=Cc1cc([N+](=O)[O-])cc(OC)c1O2. The fraction of sp³-hybridized carbons (Fsp3) is 0.308. The largest absolute Gasteiger partial charge is 0.496 e. The van der Waals surface area contributed by atoms with Crippen LogP contribution >= 0.6 is 0 Å². The van der Waals surface area contributed by atoms with Crippen LogP contribution in [0.2, 0.25) is 0 Å². The average Bonchev–Trinajstić information content (AvgIpc) is 3.60. The lowest BCUT2D eigenvalue weighted by Gasteiger charge is -2.54. The Kier molecular flexibility index (Phi) is 11.5. The summed E-state index contributed by atoms with van der Waals surface area (Å²) in [5.74, 6) is 2.03. The van der Waals surface area contributed by atoms with Gasteiger partial charge in [0.25, 0.3) is 11.4 Å². The van der Waals surface area contributed by atoms with Crippen LogP contribution in [-0.2, 0) is 23.9 Å². The number of methoxy groups -OCH3 is 3. The smallest absolute Gasteiger partial charge is 0.274 e. The molecule has 5 aromatic rings. The molecule has 4 heterocycles. The van der Waals surface area contributed by atoms with E-state index in [1.54, 1.807) is 26.4 Å². The van der Waals surface area contributed by atoms with Crippen molar-refractivity contribution in [2.45, 2.75) is 76.8 Å². The van der Waals surface area contributed by atoms with E-state index < -0.39 is 32.1 Å². The van der Waals surface area contributed by atoms with Gasteiger partial charge in [-0.15, -0.1) is 0 Å². The number of nitro groups is 3. The minimum Gasteiger partial charge on any atom is -0.496 e. The van der Waals surface area contributed by atoms with Crippen LogP contribution in [0.1, 0.15) is 73.6 Å². The Morgan fingerprint density at radius 2 is 1.16 bits per heavy atom. The molecule has 0 aliphatic carbocycles. The maximum atomic E-state index is 11.9. The van der Waals surface area contributed by atoms with Crippen molar-refractivity contribution in [2.75, 3.05) is 43.1 Å². The molecule has 68 heavy (non-hydrogen) atoms. The lowest BCUT2D eigenvalue weighted by atomic mass is 9.72. The number of benzene rings is 5. The molecule has 4 aliphatic heterocycles. The Morgan fingerprint density at radius 1 is 0.676 bits per heavy atom. The number of anilines is 3. The molecule has 0 saturated carbocycles. The number of hydrogen-bond donors (Lipinski definition) is 0. The molecule has 0 amide bonds. The highest BCUT2D eigenvalue weighted by Crippen LogP contribution is 2.59. The molecule has 16 nitrogen and oxygen atoms in total. The Balaban J connectivity index is 0.000000979. The van der Waals surface area contributed by atoms with Crippen molar-refractivity contribution in [3.8, 4) is 23.0 Å². The van der Waals surface area contributed by atoms with E-state index in [4.69, 9.17) is 18.9 Å². The Bertz CT molecular complexity index is 2990. The van der Waals surface area contributed by atoms with Gasteiger partial charge in [0, 0.05) is 83.4 Å². The molecule has 0 radical (unpaired) electrons. The predicted molar refractivity (Wildman–Crippen MR) is 263 cm³/mol. The summed E-state index contributed by atoms with van der Waals surface area (Å²) < 4.78 is 25.3. The number of rotatable bonds is 10. The van der Waals surface area contributed by atoms with Gasteiger partial charge in [0.2, 0.25) is 11.4 Å². The molecule has 2 atom stereocenters. The minimum atomic E-state index is -1.08. The number of allylic oxidation sites excluding steroid dienone is 1. The minimum absolute atomic E-state index is 0.0185. The molecule has 5 aromatic carbocycles. The van der Waals surface area contributed by atoms with Gasteiger partial charge in [-0.1, -0.05) is 56.3 Å². The van der Waals surface area contributed by atoms with Crippen molar-refractivity contribution in [1.82, 2.24) is 0 Å². The van der Waals surface area contributed by atoms with E-state index in [-0.39, 0.29) is 27.7 Å². The number of likely N-dealkylation sites (N-methyl/N-ethyl adjacent to an activating group) is 1. The molecule has 9 rings (SSSR count). The van der Waals surface area contributed by atoms with Gasteiger partial charge in [-0.05, 0) is 86.5 Å². The number of hydrogen-bond acceptors (Lipinski definition) is 13. The van der Waals surface area contributed by atoms with Gasteiger partial charge in [-0.2, -0.15) is 0 Å². The van der Waals surface area contributed by atoms with Gasteiger partial charge in [-0.25, -0.2) is 0 Å². The molecule has 352 valence electrons. The first-order valence-corrected chi connectivity index (χ1v) is 21.9. The second-order valence-corrected chi connectivity index (χ2v) is 18.5. The lowest BCUT2D eigenvalue weighted by Crippen LogP contribution is -2.65. The zero-order valence-corrected chi connectivity index (χ0v) is 39.8. The summed E-state index contributed by atoms with van der Waals surface area (Å²) in [4.78, 5) is 38.7. The number of para-hydroxylation sites is 2. The number of fused-ring (bicyclic) bond motifs is 4. The molecule has 0 N–H and O–H groups in total. The van der Waals surface area contributed by atoms with Crippen LogP contribution in [0.4, 0.5) is 28.4 Å². The molecular formula is C52H54N6O10. The van der Waals surface area contributed by atoms with Crippen LogP contribution in [0, 0.1) is 37.3 Å². The molecular weight excluding hydrogens is 869 g/mol. The van der Waals surface area contributed by atoms with E-state index in [2.05, 4.69) is 105 Å². The maximum absolute atomic E-state index is 11.9. The molecule has 16 heteroatoms. The van der Waals surface area contributed by atoms with E-state index in [0.29, 0.717) is 35.9 Å². The van der Waals surface area contributed by atoms with Crippen LogP contribution in [-0.4, -0.2) is 54.5 Å². The van der Waals surface area contributed by atoms with Crippen molar-refractivity contribution in [3.63, 3.8) is 0 Å². The molecule has 4 aliphatic rings. The van der Waals surface area contributed by atoms with E-state index in [0.717, 1.165) is 44.9 Å². The summed E-state index contributed by atoms with van der Waals surface area (Å²) in [5, 5.41) is 33.1. The summed E-state index contributed by atoms with van der Waals surface area (Å²) >= 11 is 0. The first-order chi connectivity index (χ1) is 32.2. The van der Waals surface area contributed by atoms with Crippen LogP contribution in [0.25, 0.3) is 12.2 Å². The monoisotopic (exact) mass is 922 g/mol. The molecule has 2 unspecified atom stereocenters. The third-order valence-electron chi connectivity index (χ3n) is 14.1. The highest BCUT2D eigenvalue weighted by atomic mass is 16.6. The third-order valence-corrected chi connectivity index (χ3v) is 14.1. The molecule has 0 fully saturated rings. The fourth-order valence-electron chi connectivity index (χ4n) is 10.8. The molecule has 0 bridgehead atoms. The Hall–Kier alpha value is -7.88. The lowest BCUT2D eigenvalue weighted by molar-refractivity contribution is -0.423. The highest BCUT2D eigenvalue weighted by molar-refractivity contribution is 5.84. The number of aryl methyl sites for hydroxylation is 1. The van der Waals surface area contributed by atoms with Gasteiger partial charge in [0.15, 0.2) is 11.5 Å². The zero-order valence-electron chi connectivity index (χ0n) is 39.8.